The first-order valence-electron chi connectivity index (χ1n) is 4.84. The molecule has 1 aromatic rings. The van der Waals surface area contributed by atoms with Gasteiger partial charge in [0.2, 0.25) is 5.91 Å². The van der Waals surface area contributed by atoms with Crippen LogP contribution < -0.4 is 11.1 Å². The molecule has 1 rings (SSSR count). The van der Waals surface area contributed by atoms with Crippen LogP contribution in [0.1, 0.15) is 26.5 Å². The molecule has 1 aromatic heterocycles. The number of amides is 1. The molecule has 0 aliphatic heterocycles. The molecule has 1 amide bonds. The van der Waals surface area contributed by atoms with Crippen LogP contribution >= 0.6 is 0 Å². The van der Waals surface area contributed by atoms with Gasteiger partial charge in [0.1, 0.15) is 0 Å². The van der Waals surface area contributed by atoms with Gasteiger partial charge in [-0.1, -0.05) is 20.8 Å². The number of rotatable bonds is 1. The SMILES string of the molecule is Cc1nn(C)c(NC(=O)C(C)(C)C)c1N. The second-order valence-electron chi connectivity index (χ2n) is 4.68. The van der Waals surface area contributed by atoms with Gasteiger partial charge in [-0.2, -0.15) is 5.10 Å². The highest BCUT2D eigenvalue weighted by Gasteiger charge is 2.23. The number of nitrogens with two attached hydrogens (primary N) is 1. The minimum atomic E-state index is -0.440. The molecular weight excluding hydrogens is 192 g/mol. The average Bonchev–Trinajstić information content (AvgIpc) is 2.30. The van der Waals surface area contributed by atoms with Crippen LogP contribution in [0.4, 0.5) is 11.5 Å². The lowest BCUT2D eigenvalue weighted by molar-refractivity contribution is -0.123. The molecule has 3 N–H and O–H groups in total. The molecule has 5 nitrogen and oxygen atoms in total. The normalized spacial score (nSPS) is 11.5. The summed E-state index contributed by atoms with van der Waals surface area (Å²) in [6, 6.07) is 0. The zero-order chi connectivity index (χ0) is 11.8. The van der Waals surface area contributed by atoms with Crippen molar-refractivity contribution in [1.29, 1.82) is 0 Å². The molecule has 0 aromatic carbocycles. The monoisotopic (exact) mass is 210 g/mol. The van der Waals surface area contributed by atoms with Crippen LogP contribution in [0.25, 0.3) is 0 Å². The number of nitrogen functional groups attached to an aromatic ring is 1. The predicted molar refractivity (Wildman–Crippen MR) is 60.4 cm³/mol. The third kappa shape index (κ3) is 2.29. The molecule has 1 heterocycles. The van der Waals surface area contributed by atoms with Crippen molar-refractivity contribution in [2.24, 2.45) is 12.5 Å². The summed E-state index contributed by atoms with van der Waals surface area (Å²) in [5.41, 5.74) is 6.60. The summed E-state index contributed by atoms with van der Waals surface area (Å²) in [5.74, 6) is 0.490. The summed E-state index contributed by atoms with van der Waals surface area (Å²) in [7, 11) is 1.75. The molecule has 0 saturated carbocycles. The Morgan fingerprint density at radius 3 is 2.33 bits per heavy atom. The van der Waals surface area contributed by atoms with Crippen molar-refractivity contribution in [3.05, 3.63) is 5.69 Å². The van der Waals surface area contributed by atoms with E-state index in [-0.39, 0.29) is 5.91 Å². The van der Waals surface area contributed by atoms with Gasteiger partial charge in [-0.15, -0.1) is 0 Å². The van der Waals surface area contributed by atoms with E-state index < -0.39 is 5.41 Å². The number of nitrogens with zero attached hydrogens (tertiary/aromatic N) is 2. The Kier molecular flexibility index (Phi) is 2.75. The molecule has 0 unspecified atom stereocenters. The molecule has 0 radical (unpaired) electrons. The molecule has 0 saturated heterocycles. The quantitative estimate of drug-likeness (QED) is 0.733. The predicted octanol–water partition coefficient (Wildman–Crippen LogP) is 1.30. The number of aromatic nitrogens is 2. The zero-order valence-electron chi connectivity index (χ0n) is 9.88. The van der Waals surface area contributed by atoms with Gasteiger partial charge in [-0.05, 0) is 6.92 Å². The van der Waals surface area contributed by atoms with Crippen molar-refractivity contribution in [2.75, 3.05) is 11.1 Å². The van der Waals surface area contributed by atoms with E-state index in [0.717, 1.165) is 5.69 Å². The van der Waals surface area contributed by atoms with E-state index >= 15 is 0 Å². The number of hydrogen-bond donors (Lipinski definition) is 2. The van der Waals surface area contributed by atoms with Crippen LogP contribution in [0.15, 0.2) is 0 Å². The zero-order valence-corrected chi connectivity index (χ0v) is 9.88. The molecule has 0 aliphatic carbocycles. The van der Waals surface area contributed by atoms with E-state index in [2.05, 4.69) is 10.4 Å². The first-order valence-corrected chi connectivity index (χ1v) is 4.84. The van der Waals surface area contributed by atoms with Gasteiger partial charge in [0.15, 0.2) is 5.82 Å². The van der Waals surface area contributed by atoms with Crippen LogP contribution in [0.3, 0.4) is 0 Å². The van der Waals surface area contributed by atoms with Crippen molar-refractivity contribution < 1.29 is 4.79 Å². The minimum Gasteiger partial charge on any atom is -0.394 e. The number of aryl methyl sites for hydroxylation is 2. The fourth-order valence-corrected chi connectivity index (χ4v) is 1.12. The second-order valence-corrected chi connectivity index (χ2v) is 4.68. The summed E-state index contributed by atoms with van der Waals surface area (Å²) >= 11 is 0. The molecule has 0 spiro atoms. The van der Waals surface area contributed by atoms with Crippen molar-refractivity contribution in [3.63, 3.8) is 0 Å². The van der Waals surface area contributed by atoms with E-state index in [4.69, 9.17) is 5.73 Å². The van der Waals surface area contributed by atoms with Gasteiger partial charge in [0.25, 0.3) is 0 Å². The van der Waals surface area contributed by atoms with Gasteiger partial charge in [-0.3, -0.25) is 9.48 Å². The van der Waals surface area contributed by atoms with Gasteiger partial charge in [0.05, 0.1) is 11.4 Å². The van der Waals surface area contributed by atoms with Gasteiger partial charge >= 0.3 is 0 Å². The van der Waals surface area contributed by atoms with E-state index in [9.17, 15) is 4.79 Å². The smallest absolute Gasteiger partial charge is 0.230 e. The first-order chi connectivity index (χ1) is 6.73. The van der Waals surface area contributed by atoms with E-state index in [0.29, 0.717) is 11.5 Å². The largest absolute Gasteiger partial charge is 0.394 e. The van der Waals surface area contributed by atoms with Crippen LogP contribution in [0.5, 0.6) is 0 Å². The van der Waals surface area contributed by atoms with Crippen LogP contribution in [0.2, 0.25) is 0 Å². The second kappa shape index (κ2) is 3.56. The molecule has 15 heavy (non-hydrogen) atoms. The third-order valence-corrected chi connectivity index (χ3v) is 2.18. The van der Waals surface area contributed by atoms with Gasteiger partial charge in [-0.25, -0.2) is 0 Å². The highest BCUT2D eigenvalue weighted by molar-refractivity contribution is 5.96. The lowest BCUT2D eigenvalue weighted by atomic mass is 9.96. The van der Waals surface area contributed by atoms with Crippen molar-refractivity contribution in [2.45, 2.75) is 27.7 Å². The van der Waals surface area contributed by atoms with Crippen molar-refractivity contribution in [3.8, 4) is 0 Å². The van der Waals surface area contributed by atoms with Gasteiger partial charge in [0, 0.05) is 12.5 Å². The summed E-state index contributed by atoms with van der Waals surface area (Å²) in [4.78, 5) is 11.7. The number of hydrogen-bond acceptors (Lipinski definition) is 3. The van der Waals surface area contributed by atoms with Gasteiger partial charge < -0.3 is 11.1 Å². The topological polar surface area (TPSA) is 72.9 Å². The Balaban J connectivity index is 2.95. The summed E-state index contributed by atoms with van der Waals surface area (Å²) in [6.07, 6.45) is 0. The Morgan fingerprint density at radius 2 is 2.00 bits per heavy atom. The Hall–Kier alpha value is -1.52. The molecule has 0 fully saturated rings. The molecule has 5 heteroatoms. The minimum absolute atomic E-state index is 0.0720. The Labute approximate surface area is 89.6 Å². The fraction of sp³-hybridized carbons (Fsp3) is 0.600. The van der Waals surface area contributed by atoms with E-state index in [1.165, 1.54) is 0 Å². The molecule has 0 bridgehead atoms. The fourth-order valence-electron chi connectivity index (χ4n) is 1.12. The molecular formula is C10H18N4O. The van der Waals surface area contributed by atoms with Crippen molar-refractivity contribution >= 4 is 17.4 Å². The molecule has 0 atom stereocenters. The molecule has 84 valence electrons. The maximum Gasteiger partial charge on any atom is 0.230 e. The van der Waals surface area contributed by atoms with Crippen LogP contribution in [-0.4, -0.2) is 15.7 Å². The summed E-state index contributed by atoms with van der Waals surface area (Å²) < 4.78 is 1.58. The lowest BCUT2D eigenvalue weighted by Crippen LogP contribution is -2.28. The van der Waals surface area contributed by atoms with E-state index in [1.807, 2.05) is 27.7 Å². The maximum absolute atomic E-state index is 11.7. The first kappa shape index (κ1) is 11.6. The molecule has 0 aliphatic rings. The lowest BCUT2D eigenvalue weighted by Gasteiger charge is -2.17. The third-order valence-electron chi connectivity index (χ3n) is 2.18. The van der Waals surface area contributed by atoms with Crippen LogP contribution in [-0.2, 0) is 11.8 Å². The van der Waals surface area contributed by atoms with Crippen molar-refractivity contribution in [1.82, 2.24) is 9.78 Å². The Morgan fingerprint density at radius 1 is 1.47 bits per heavy atom. The highest BCUT2D eigenvalue weighted by atomic mass is 16.2. The summed E-state index contributed by atoms with van der Waals surface area (Å²) in [5, 5.41) is 6.90. The number of carbonyl (C=O) groups excluding carboxylic acids is 1. The Bertz CT molecular complexity index is 387. The van der Waals surface area contributed by atoms with E-state index in [1.54, 1.807) is 11.7 Å². The maximum atomic E-state index is 11.7. The standard InChI is InChI=1S/C10H18N4O/c1-6-7(11)8(14(5)13-6)12-9(15)10(2,3)4/h11H2,1-5H3,(H,12,15). The highest BCUT2D eigenvalue weighted by Crippen LogP contribution is 2.23. The van der Waals surface area contributed by atoms with Crippen LogP contribution in [0, 0.1) is 12.3 Å². The summed E-state index contributed by atoms with van der Waals surface area (Å²) in [6.45, 7) is 7.35. The average molecular weight is 210 g/mol. The number of nitrogens with one attached hydrogen (secondary N) is 1. The number of anilines is 2. The number of carbonyl (C=O) groups is 1.